The molecule has 1 aliphatic carbocycles. The number of methoxy groups -OCH3 is 1. The standard InChI is InChI=1S/C16H19N3OS/c1-3-10-19-15(13-6-7-13)17-18-16(19)21-11-12-4-8-14(20-2)9-5-12/h3-5,8-9,13H,1,6-7,10-11H2,2H3. The maximum atomic E-state index is 5.18. The summed E-state index contributed by atoms with van der Waals surface area (Å²) >= 11 is 1.72. The minimum atomic E-state index is 0.604. The topological polar surface area (TPSA) is 39.9 Å². The van der Waals surface area contributed by atoms with Gasteiger partial charge in [0.2, 0.25) is 0 Å². The van der Waals surface area contributed by atoms with Crippen LogP contribution in [0.4, 0.5) is 0 Å². The predicted octanol–water partition coefficient (Wildman–Crippen LogP) is 3.64. The third-order valence-corrected chi connectivity index (χ3v) is 4.56. The van der Waals surface area contributed by atoms with Crippen molar-refractivity contribution in [2.24, 2.45) is 0 Å². The molecular weight excluding hydrogens is 282 g/mol. The van der Waals surface area contributed by atoms with Crippen molar-refractivity contribution in [1.29, 1.82) is 0 Å². The van der Waals surface area contributed by atoms with Crippen molar-refractivity contribution < 1.29 is 4.74 Å². The van der Waals surface area contributed by atoms with E-state index in [1.54, 1.807) is 18.9 Å². The Balaban J connectivity index is 1.70. The van der Waals surface area contributed by atoms with E-state index in [2.05, 4.69) is 33.5 Å². The highest BCUT2D eigenvalue weighted by molar-refractivity contribution is 7.98. The van der Waals surface area contributed by atoms with Gasteiger partial charge in [-0.2, -0.15) is 0 Å². The van der Waals surface area contributed by atoms with Gasteiger partial charge in [0.1, 0.15) is 11.6 Å². The average Bonchev–Trinajstić information content (AvgIpc) is 3.29. The predicted molar refractivity (Wildman–Crippen MR) is 84.7 cm³/mol. The molecule has 1 aromatic heterocycles. The molecule has 4 nitrogen and oxygen atoms in total. The number of ether oxygens (including phenoxy) is 1. The number of rotatable bonds is 7. The molecule has 3 rings (SSSR count). The lowest BCUT2D eigenvalue weighted by Gasteiger charge is -2.07. The van der Waals surface area contributed by atoms with Gasteiger partial charge in [-0.1, -0.05) is 30.0 Å². The van der Waals surface area contributed by atoms with Crippen LogP contribution in [-0.2, 0) is 12.3 Å². The van der Waals surface area contributed by atoms with E-state index < -0.39 is 0 Å². The van der Waals surface area contributed by atoms with Gasteiger partial charge in [0.25, 0.3) is 0 Å². The minimum Gasteiger partial charge on any atom is -0.497 e. The lowest BCUT2D eigenvalue weighted by Crippen LogP contribution is -2.02. The summed E-state index contributed by atoms with van der Waals surface area (Å²) in [6.07, 6.45) is 4.38. The molecule has 0 unspecified atom stereocenters. The van der Waals surface area contributed by atoms with Gasteiger partial charge < -0.3 is 9.30 Å². The number of benzene rings is 1. The fourth-order valence-electron chi connectivity index (χ4n) is 2.22. The van der Waals surface area contributed by atoms with Gasteiger partial charge in [0.05, 0.1) is 7.11 Å². The molecule has 1 fully saturated rings. The molecule has 1 aliphatic rings. The molecule has 0 aliphatic heterocycles. The van der Waals surface area contributed by atoms with E-state index in [1.165, 1.54) is 18.4 Å². The summed E-state index contributed by atoms with van der Waals surface area (Å²) in [7, 11) is 1.68. The Labute approximate surface area is 129 Å². The molecule has 0 spiro atoms. The van der Waals surface area contributed by atoms with Crippen LogP contribution in [0.2, 0.25) is 0 Å². The Morgan fingerprint density at radius 2 is 2.10 bits per heavy atom. The summed E-state index contributed by atoms with van der Waals surface area (Å²) in [6, 6.07) is 8.14. The summed E-state index contributed by atoms with van der Waals surface area (Å²) in [5.74, 6) is 3.48. The maximum Gasteiger partial charge on any atom is 0.191 e. The second kappa shape index (κ2) is 6.35. The quantitative estimate of drug-likeness (QED) is 0.578. The lowest BCUT2D eigenvalue weighted by molar-refractivity contribution is 0.414. The highest BCUT2D eigenvalue weighted by Crippen LogP contribution is 2.40. The monoisotopic (exact) mass is 301 g/mol. The van der Waals surface area contributed by atoms with Gasteiger partial charge in [0.15, 0.2) is 5.16 Å². The number of nitrogens with zero attached hydrogens (tertiary/aromatic N) is 3. The van der Waals surface area contributed by atoms with Crippen LogP contribution in [0.1, 0.15) is 30.1 Å². The Hall–Kier alpha value is -1.75. The van der Waals surface area contributed by atoms with Gasteiger partial charge in [-0.3, -0.25) is 0 Å². The number of hydrogen-bond acceptors (Lipinski definition) is 4. The van der Waals surface area contributed by atoms with Crippen LogP contribution in [-0.4, -0.2) is 21.9 Å². The van der Waals surface area contributed by atoms with Gasteiger partial charge in [-0.05, 0) is 30.5 Å². The van der Waals surface area contributed by atoms with E-state index in [0.29, 0.717) is 5.92 Å². The first-order valence-electron chi connectivity index (χ1n) is 7.11. The molecule has 0 N–H and O–H groups in total. The van der Waals surface area contributed by atoms with Crippen molar-refractivity contribution in [3.8, 4) is 5.75 Å². The molecule has 0 amide bonds. The highest BCUT2D eigenvalue weighted by Gasteiger charge is 2.30. The molecule has 0 radical (unpaired) electrons. The van der Waals surface area contributed by atoms with Crippen molar-refractivity contribution in [3.63, 3.8) is 0 Å². The maximum absolute atomic E-state index is 5.18. The van der Waals surface area contributed by atoms with Gasteiger partial charge in [-0.15, -0.1) is 16.8 Å². The van der Waals surface area contributed by atoms with Crippen LogP contribution in [0, 0.1) is 0 Å². The fraction of sp³-hybridized carbons (Fsp3) is 0.375. The first kappa shape index (κ1) is 14.2. The van der Waals surface area contributed by atoms with Crippen molar-refractivity contribution >= 4 is 11.8 Å². The van der Waals surface area contributed by atoms with Crippen molar-refractivity contribution in [3.05, 3.63) is 48.3 Å². The zero-order chi connectivity index (χ0) is 14.7. The van der Waals surface area contributed by atoms with Crippen LogP contribution >= 0.6 is 11.8 Å². The first-order chi connectivity index (χ1) is 10.3. The SMILES string of the molecule is C=CCn1c(SCc2ccc(OC)cc2)nnc1C1CC1. The molecule has 5 heteroatoms. The summed E-state index contributed by atoms with van der Waals surface area (Å²) < 4.78 is 7.37. The zero-order valence-corrected chi connectivity index (χ0v) is 13.0. The van der Waals surface area contributed by atoms with Crippen LogP contribution < -0.4 is 4.74 Å². The Morgan fingerprint density at radius 1 is 1.33 bits per heavy atom. The van der Waals surface area contributed by atoms with Gasteiger partial charge in [-0.25, -0.2) is 0 Å². The molecule has 21 heavy (non-hydrogen) atoms. The number of allylic oxidation sites excluding steroid dienone is 1. The third-order valence-electron chi connectivity index (χ3n) is 3.53. The Kier molecular flexibility index (Phi) is 4.29. The third kappa shape index (κ3) is 3.29. The fourth-order valence-corrected chi connectivity index (χ4v) is 3.13. The normalized spacial score (nSPS) is 14.1. The van der Waals surface area contributed by atoms with E-state index in [0.717, 1.165) is 29.0 Å². The summed E-state index contributed by atoms with van der Waals surface area (Å²) in [5, 5.41) is 9.69. The zero-order valence-electron chi connectivity index (χ0n) is 12.2. The summed E-state index contributed by atoms with van der Waals surface area (Å²) in [5.41, 5.74) is 1.25. The molecule has 1 heterocycles. The molecule has 2 aromatic rings. The van der Waals surface area contributed by atoms with Crippen molar-refractivity contribution in [2.45, 2.75) is 36.2 Å². The Morgan fingerprint density at radius 3 is 2.71 bits per heavy atom. The molecule has 0 bridgehead atoms. The van der Waals surface area contributed by atoms with Gasteiger partial charge in [0, 0.05) is 18.2 Å². The first-order valence-corrected chi connectivity index (χ1v) is 8.10. The molecular formula is C16H19N3OS. The molecule has 1 aromatic carbocycles. The molecule has 0 atom stereocenters. The smallest absolute Gasteiger partial charge is 0.191 e. The van der Waals surface area contributed by atoms with E-state index in [-0.39, 0.29) is 0 Å². The number of hydrogen-bond donors (Lipinski definition) is 0. The summed E-state index contributed by atoms with van der Waals surface area (Å²) in [4.78, 5) is 0. The second-order valence-electron chi connectivity index (χ2n) is 5.15. The van der Waals surface area contributed by atoms with E-state index in [9.17, 15) is 0 Å². The van der Waals surface area contributed by atoms with Gasteiger partial charge >= 0.3 is 0 Å². The molecule has 110 valence electrons. The van der Waals surface area contributed by atoms with Crippen LogP contribution in [0.15, 0.2) is 42.1 Å². The minimum absolute atomic E-state index is 0.604. The van der Waals surface area contributed by atoms with Crippen molar-refractivity contribution in [1.82, 2.24) is 14.8 Å². The molecule has 1 saturated carbocycles. The number of aromatic nitrogens is 3. The summed E-state index contributed by atoms with van der Waals surface area (Å²) in [6.45, 7) is 4.62. The molecule has 0 saturated heterocycles. The van der Waals surface area contributed by atoms with E-state index in [1.807, 2.05) is 18.2 Å². The van der Waals surface area contributed by atoms with Crippen LogP contribution in [0.3, 0.4) is 0 Å². The number of thioether (sulfide) groups is 1. The highest BCUT2D eigenvalue weighted by atomic mass is 32.2. The largest absolute Gasteiger partial charge is 0.497 e. The van der Waals surface area contributed by atoms with Crippen molar-refractivity contribution in [2.75, 3.05) is 7.11 Å². The van der Waals surface area contributed by atoms with Crippen LogP contribution in [0.5, 0.6) is 5.75 Å². The lowest BCUT2D eigenvalue weighted by atomic mass is 10.2. The van der Waals surface area contributed by atoms with E-state index >= 15 is 0 Å². The Bertz CT molecular complexity index is 617. The van der Waals surface area contributed by atoms with E-state index in [4.69, 9.17) is 4.74 Å². The van der Waals surface area contributed by atoms with Crippen LogP contribution in [0.25, 0.3) is 0 Å². The second-order valence-corrected chi connectivity index (χ2v) is 6.09. The average molecular weight is 301 g/mol.